The molecule has 0 aliphatic carbocycles. The van der Waals surface area contributed by atoms with Gasteiger partial charge in [0.15, 0.2) is 0 Å². The van der Waals surface area contributed by atoms with Gasteiger partial charge in [-0.3, -0.25) is 9.59 Å². The fourth-order valence-electron chi connectivity index (χ4n) is 2.51. The summed E-state index contributed by atoms with van der Waals surface area (Å²) in [6.07, 6.45) is 9.92. The predicted octanol–water partition coefficient (Wildman–Crippen LogP) is 5.50. The van der Waals surface area contributed by atoms with Gasteiger partial charge in [-0.05, 0) is 37.1 Å². The lowest BCUT2D eigenvalue weighted by Gasteiger charge is -2.08. The van der Waals surface area contributed by atoms with E-state index >= 15 is 0 Å². The molecule has 134 valence electrons. The van der Waals surface area contributed by atoms with Gasteiger partial charge >= 0.3 is 0 Å². The zero-order valence-corrected chi connectivity index (χ0v) is 15.2. The van der Waals surface area contributed by atoms with Gasteiger partial charge in [0.1, 0.15) is 0 Å². The van der Waals surface area contributed by atoms with Gasteiger partial charge in [-0.15, -0.1) is 0 Å². The minimum atomic E-state index is 0.0545. The standard InChI is InChI=1S/C20H32N2O2/c1-3-5-7-9-11-19(23)21-17-13-15-18(16-14-17)22-20(24)12-10-8-6-4-2/h13-16H,3-12H2,1-2H3,(H,21,23)(H,22,24). The summed E-state index contributed by atoms with van der Waals surface area (Å²) in [5, 5.41) is 5.79. The number of unbranched alkanes of at least 4 members (excludes halogenated alkanes) is 6. The van der Waals surface area contributed by atoms with Crippen molar-refractivity contribution in [2.75, 3.05) is 10.6 Å². The molecule has 0 bridgehead atoms. The van der Waals surface area contributed by atoms with Crippen molar-refractivity contribution in [1.82, 2.24) is 0 Å². The number of hydrogen-bond donors (Lipinski definition) is 2. The Balaban J connectivity index is 2.29. The molecule has 2 N–H and O–H groups in total. The van der Waals surface area contributed by atoms with Crippen LogP contribution in [0.3, 0.4) is 0 Å². The fourth-order valence-corrected chi connectivity index (χ4v) is 2.51. The van der Waals surface area contributed by atoms with Crippen LogP contribution in [0.1, 0.15) is 78.1 Å². The largest absolute Gasteiger partial charge is 0.326 e. The third-order valence-corrected chi connectivity index (χ3v) is 3.97. The summed E-state index contributed by atoms with van der Waals surface area (Å²) in [6.45, 7) is 4.32. The minimum absolute atomic E-state index is 0.0545. The molecular weight excluding hydrogens is 300 g/mol. The molecule has 1 aromatic rings. The summed E-state index contributed by atoms with van der Waals surface area (Å²) in [5.41, 5.74) is 1.55. The van der Waals surface area contributed by atoms with Crippen molar-refractivity contribution < 1.29 is 9.59 Å². The maximum absolute atomic E-state index is 11.8. The van der Waals surface area contributed by atoms with Crippen LogP contribution in [0, 0.1) is 0 Å². The van der Waals surface area contributed by atoms with E-state index in [1.165, 1.54) is 25.7 Å². The highest BCUT2D eigenvalue weighted by Crippen LogP contribution is 2.15. The zero-order chi connectivity index (χ0) is 17.6. The van der Waals surface area contributed by atoms with Gasteiger partial charge in [-0.25, -0.2) is 0 Å². The van der Waals surface area contributed by atoms with Crippen molar-refractivity contribution in [1.29, 1.82) is 0 Å². The Labute approximate surface area is 146 Å². The van der Waals surface area contributed by atoms with E-state index in [0.717, 1.165) is 37.1 Å². The molecular formula is C20H32N2O2. The second-order valence-electron chi connectivity index (χ2n) is 6.30. The SMILES string of the molecule is CCCCCCC(=O)Nc1ccc(NC(=O)CCCCCC)cc1. The number of benzene rings is 1. The van der Waals surface area contributed by atoms with Crippen molar-refractivity contribution in [3.8, 4) is 0 Å². The lowest BCUT2D eigenvalue weighted by Crippen LogP contribution is -2.12. The highest BCUT2D eigenvalue weighted by atomic mass is 16.2. The molecule has 0 fully saturated rings. The van der Waals surface area contributed by atoms with Crippen LogP contribution in [-0.4, -0.2) is 11.8 Å². The van der Waals surface area contributed by atoms with Gasteiger partial charge in [-0.1, -0.05) is 52.4 Å². The number of carbonyl (C=O) groups excluding carboxylic acids is 2. The molecule has 1 aromatic carbocycles. The molecule has 0 aliphatic heterocycles. The van der Waals surface area contributed by atoms with Crippen LogP contribution in [-0.2, 0) is 9.59 Å². The van der Waals surface area contributed by atoms with Crippen LogP contribution in [0.15, 0.2) is 24.3 Å². The molecule has 0 saturated heterocycles. The van der Waals surface area contributed by atoms with Gasteiger partial charge in [0.05, 0.1) is 0 Å². The third kappa shape index (κ3) is 9.33. The molecule has 4 heteroatoms. The summed E-state index contributed by atoms with van der Waals surface area (Å²) in [4.78, 5) is 23.7. The number of carbonyl (C=O) groups is 2. The Morgan fingerprint density at radius 3 is 1.38 bits per heavy atom. The quantitative estimate of drug-likeness (QED) is 0.496. The normalized spacial score (nSPS) is 10.4. The lowest BCUT2D eigenvalue weighted by molar-refractivity contribution is -0.117. The first-order valence-electron chi connectivity index (χ1n) is 9.35. The van der Waals surface area contributed by atoms with Crippen LogP contribution < -0.4 is 10.6 Å². The second-order valence-corrected chi connectivity index (χ2v) is 6.30. The highest BCUT2D eigenvalue weighted by molar-refractivity contribution is 5.92. The predicted molar refractivity (Wildman–Crippen MR) is 101 cm³/mol. The Morgan fingerprint density at radius 2 is 1.04 bits per heavy atom. The summed E-state index contributed by atoms with van der Waals surface area (Å²) < 4.78 is 0. The van der Waals surface area contributed by atoms with E-state index < -0.39 is 0 Å². The summed E-state index contributed by atoms with van der Waals surface area (Å²) in [5.74, 6) is 0.109. The van der Waals surface area contributed by atoms with Crippen molar-refractivity contribution in [2.24, 2.45) is 0 Å². The average molecular weight is 332 g/mol. The van der Waals surface area contributed by atoms with Crippen molar-refractivity contribution >= 4 is 23.2 Å². The molecule has 4 nitrogen and oxygen atoms in total. The second kappa shape index (κ2) is 12.6. The van der Waals surface area contributed by atoms with Gasteiger partial charge in [0.25, 0.3) is 0 Å². The van der Waals surface area contributed by atoms with Gasteiger partial charge < -0.3 is 10.6 Å². The molecule has 24 heavy (non-hydrogen) atoms. The molecule has 0 aliphatic rings. The van der Waals surface area contributed by atoms with Crippen LogP contribution in [0.5, 0.6) is 0 Å². The molecule has 0 aromatic heterocycles. The molecule has 2 amide bonds. The zero-order valence-electron chi connectivity index (χ0n) is 15.2. The number of rotatable bonds is 12. The van der Waals surface area contributed by atoms with E-state index in [1.54, 1.807) is 0 Å². The summed E-state index contributed by atoms with van der Waals surface area (Å²) in [6, 6.07) is 7.32. The molecule has 0 spiro atoms. The first kappa shape index (κ1) is 20.2. The van der Waals surface area contributed by atoms with Crippen LogP contribution in [0.25, 0.3) is 0 Å². The Hall–Kier alpha value is -1.84. The fraction of sp³-hybridized carbons (Fsp3) is 0.600. The van der Waals surface area contributed by atoms with Gasteiger partial charge in [0.2, 0.25) is 11.8 Å². The van der Waals surface area contributed by atoms with E-state index in [0.29, 0.717) is 12.8 Å². The highest BCUT2D eigenvalue weighted by Gasteiger charge is 2.04. The maximum Gasteiger partial charge on any atom is 0.224 e. The number of amides is 2. The summed E-state index contributed by atoms with van der Waals surface area (Å²) >= 11 is 0. The maximum atomic E-state index is 11.8. The molecule has 0 atom stereocenters. The van der Waals surface area contributed by atoms with E-state index in [4.69, 9.17) is 0 Å². The van der Waals surface area contributed by atoms with Crippen LogP contribution in [0.2, 0.25) is 0 Å². The number of hydrogen-bond acceptors (Lipinski definition) is 2. The Morgan fingerprint density at radius 1 is 0.667 bits per heavy atom. The average Bonchev–Trinajstić information content (AvgIpc) is 2.57. The Kier molecular flexibility index (Phi) is 10.6. The lowest BCUT2D eigenvalue weighted by atomic mass is 10.1. The first-order valence-corrected chi connectivity index (χ1v) is 9.35. The number of nitrogens with one attached hydrogen (secondary N) is 2. The molecule has 0 saturated carbocycles. The van der Waals surface area contributed by atoms with Crippen molar-refractivity contribution in [3.63, 3.8) is 0 Å². The monoisotopic (exact) mass is 332 g/mol. The minimum Gasteiger partial charge on any atom is -0.326 e. The van der Waals surface area contributed by atoms with E-state index in [-0.39, 0.29) is 11.8 Å². The summed E-state index contributed by atoms with van der Waals surface area (Å²) in [7, 11) is 0. The van der Waals surface area contributed by atoms with Crippen molar-refractivity contribution in [2.45, 2.75) is 78.1 Å². The molecule has 0 unspecified atom stereocenters. The van der Waals surface area contributed by atoms with Gasteiger partial charge in [-0.2, -0.15) is 0 Å². The first-order chi connectivity index (χ1) is 11.7. The molecule has 0 radical (unpaired) electrons. The molecule has 1 rings (SSSR count). The van der Waals surface area contributed by atoms with Crippen molar-refractivity contribution in [3.05, 3.63) is 24.3 Å². The van der Waals surface area contributed by atoms with E-state index in [2.05, 4.69) is 24.5 Å². The smallest absolute Gasteiger partial charge is 0.224 e. The molecule has 0 heterocycles. The van der Waals surface area contributed by atoms with Crippen LogP contribution >= 0.6 is 0 Å². The third-order valence-electron chi connectivity index (χ3n) is 3.97. The van der Waals surface area contributed by atoms with E-state index in [1.807, 2.05) is 24.3 Å². The Bertz CT molecular complexity index is 438. The van der Waals surface area contributed by atoms with Crippen LogP contribution in [0.4, 0.5) is 11.4 Å². The van der Waals surface area contributed by atoms with Gasteiger partial charge in [0, 0.05) is 24.2 Å². The topological polar surface area (TPSA) is 58.2 Å². The van der Waals surface area contributed by atoms with E-state index in [9.17, 15) is 9.59 Å². The number of anilines is 2.